The summed E-state index contributed by atoms with van der Waals surface area (Å²) in [6, 6.07) is 11.7. The highest BCUT2D eigenvalue weighted by molar-refractivity contribution is 8.13. The molecular formula is C19H16ClFN4OS. The second-order valence-electron chi connectivity index (χ2n) is 6.06. The lowest BCUT2D eigenvalue weighted by molar-refractivity contribution is -0.116. The maximum Gasteiger partial charge on any atom is 0.276 e. The number of hydrogen-bond acceptors (Lipinski definition) is 5. The Balaban J connectivity index is 1.95. The lowest BCUT2D eigenvalue weighted by Crippen LogP contribution is -2.50. The van der Waals surface area contributed by atoms with Gasteiger partial charge in [-0.2, -0.15) is 0 Å². The van der Waals surface area contributed by atoms with Crippen LogP contribution in [-0.2, 0) is 4.79 Å². The van der Waals surface area contributed by atoms with E-state index in [0.717, 1.165) is 12.2 Å². The normalized spacial score (nSPS) is 18.3. The molecule has 0 bridgehead atoms. The SMILES string of the molecule is CCCSC1=NN2C(=c3ccccc3=N[C@@H]2c2c(F)cccc2Cl)C(=O)N1. The molecule has 0 aromatic heterocycles. The number of fused-ring (bicyclic) bond motifs is 2. The highest BCUT2D eigenvalue weighted by Gasteiger charge is 2.36. The Hall–Kier alpha value is -2.38. The highest BCUT2D eigenvalue weighted by Crippen LogP contribution is 2.35. The van der Waals surface area contributed by atoms with Gasteiger partial charge in [0.25, 0.3) is 5.91 Å². The molecule has 0 spiro atoms. The Kier molecular flexibility index (Phi) is 4.88. The molecule has 5 nitrogen and oxygen atoms in total. The van der Waals surface area contributed by atoms with E-state index in [2.05, 4.69) is 15.4 Å². The quantitative estimate of drug-likeness (QED) is 0.858. The van der Waals surface area contributed by atoms with Crippen molar-refractivity contribution < 1.29 is 9.18 Å². The molecule has 4 rings (SSSR count). The van der Waals surface area contributed by atoms with Gasteiger partial charge in [-0.15, -0.1) is 5.10 Å². The van der Waals surface area contributed by atoms with Crippen LogP contribution in [0.2, 0.25) is 5.02 Å². The first-order valence-corrected chi connectivity index (χ1v) is 9.89. The van der Waals surface area contributed by atoms with Crippen molar-refractivity contribution in [1.82, 2.24) is 10.3 Å². The fourth-order valence-electron chi connectivity index (χ4n) is 3.04. The summed E-state index contributed by atoms with van der Waals surface area (Å²) in [5.74, 6) is 0.0311. The Morgan fingerprint density at radius 2 is 2.07 bits per heavy atom. The van der Waals surface area contributed by atoms with Gasteiger partial charge in [0.1, 0.15) is 11.5 Å². The molecule has 2 aliphatic heterocycles. The van der Waals surface area contributed by atoms with Crippen LogP contribution < -0.4 is 15.9 Å². The van der Waals surface area contributed by atoms with Crippen LogP contribution in [-0.4, -0.2) is 21.8 Å². The van der Waals surface area contributed by atoms with Crippen LogP contribution in [0.25, 0.3) is 5.70 Å². The predicted octanol–water partition coefficient (Wildman–Crippen LogP) is 2.77. The van der Waals surface area contributed by atoms with E-state index >= 15 is 0 Å². The van der Waals surface area contributed by atoms with Crippen LogP contribution in [0.5, 0.6) is 0 Å². The van der Waals surface area contributed by atoms with Gasteiger partial charge in [0, 0.05) is 11.0 Å². The minimum Gasteiger partial charge on any atom is -0.298 e. The van der Waals surface area contributed by atoms with Crippen molar-refractivity contribution in [3.8, 4) is 0 Å². The van der Waals surface area contributed by atoms with Gasteiger partial charge in [-0.3, -0.25) is 15.1 Å². The second kappa shape index (κ2) is 7.32. The monoisotopic (exact) mass is 402 g/mol. The highest BCUT2D eigenvalue weighted by atomic mass is 35.5. The Morgan fingerprint density at radius 3 is 2.85 bits per heavy atom. The smallest absolute Gasteiger partial charge is 0.276 e. The number of rotatable bonds is 3. The molecule has 0 aliphatic carbocycles. The van der Waals surface area contributed by atoms with E-state index in [9.17, 15) is 9.18 Å². The van der Waals surface area contributed by atoms with Gasteiger partial charge in [0.05, 0.1) is 15.9 Å². The number of amidine groups is 1. The summed E-state index contributed by atoms with van der Waals surface area (Å²) in [7, 11) is 0. The molecule has 0 unspecified atom stereocenters. The number of carbonyl (C=O) groups is 1. The molecule has 2 heterocycles. The zero-order valence-electron chi connectivity index (χ0n) is 14.4. The van der Waals surface area contributed by atoms with E-state index in [1.807, 2.05) is 19.1 Å². The molecule has 1 atom stereocenters. The number of para-hydroxylation sites is 1. The van der Waals surface area contributed by atoms with Crippen molar-refractivity contribution in [1.29, 1.82) is 0 Å². The van der Waals surface area contributed by atoms with Crippen molar-refractivity contribution in [3.05, 3.63) is 69.4 Å². The number of thioether (sulfide) groups is 1. The number of hydrogen-bond donors (Lipinski definition) is 1. The van der Waals surface area contributed by atoms with Gasteiger partial charge in [0.15, 0.2) is 11.3 Å². The van der Waals surface area contributed by atoms with E-state index in [1.165, 1.54) is 28.9 Å². The molecule has 2 aliphatic rings. The third-order valence-electron chi connectivity index (χ3n) is 4.22. The number of halogens is 2. The van der Waals surface area contributed by atoms with Crippen LogP contribution in [0.1, 0.15) is 25.1 Å². The van der Waals surface area contributed by atoms with E-state index < -0.39 is 12.0 Å². The molecule has 27 heavy (non-hydrogen) atoms. The van der Waals surface area contributed by atoms with Crippen molar-refractivity contribution in [3.63, 3.8) is 0 Å². The Labute approximate surface area is 164 Å². The average Bonchev–Trinajstić information content (AvgIpc) is 2.66. The second-order valence-corrected chi connectivity index (χ2v) is 7.55. The fourth-order valence-corrected chi connectivity index (χ4v) is 4.01. The summed E-state index contributed by atoms with van der Waals surface area (Å²) >= 11 is 7.73. The summed E-state index contributed by atoms with van der Waals surface area (Å²) < 4.78 is 14.6. The van der Waals surface area contributed by atoms with Crippen LogP contribution >= 0.6 is 23.4 Å². The third kappa shape index (κ3) is 3.21. The fraction of sp³-hybridized carbons (Fsp3) is 0.211. The molecule has 0 saturated heterocycles. The zero-order chi connectivity index (χ0) is 19.0. The van der Waals surface area contributed by atoms with Crippen LogP contribution in [0, 0.1) is 5.82 Å². The minimum absolute atomic E-state index is 0.199. The lowest BCUT2D eigenvalue weighted by Gasteiger charge is -2.34. The number of nitrogens with zero attached hydrogens (tertiary/aromatic N) is 3. The summed E-state index contributed by atoms with van der Waals surface area (Å²) in [6.07, 6.45) is 0.0817. The van der Waals surface area contributed by atoms with E-state index in [0.29, 0.717) is 21.4 Å². The first-order chi connectivity index (χ1) is 13.1. The molecule has 1 amide bonds. The van der Waals surface area contributed by atoms with Crippen molar-refractivity contribution in [2.45, 2.75) is 19.5 Å². The topological polar surface area (TPSA) is 57.1 Å². The molecule has 2 aromatic rings. The largest absolute Gasteiger partial charge is 0.298 e. The number of benzene rings is 2. The van der Waals surface area contributed by atoms with Crippen molar-refractivity contribution >= 4 is 40.1 Å². The van der Waals surface area contributed by atoms with Gasteiger partial charge < -0.3 is 0 Å². The Bertz CT molecular complexity index is 1050. The zero-order valence-corrected chi connectivity index (χ0v) is 16.0. The van der Waals surface area contributed by atoms with Crippen LogP contribution in [0.3, 0.4) is 0 Å². The van der Waals surface area contributed by atoms with Crippen molar-refractivity contribution in [2.24, 2.45) is 10.1 Å². The summed E-state index contributed by atoms with van der Waals surface area (Å²) in [4.78, 5) is 17.5. The maximum absolute atomic E-state index is 14.6. The molecule has 8 heteroatoms. The molecule has 1 N–H and O–H groups in total. The van der Waals surface area contributed by atoms with Gasteiger partial charge in [-0.1, -0.05) is 54.6 Å². The predicted molar refractivity (Wildman–Crippen MR) is 105 cm³/mol. The molecule has 138 valence electrons. The van der Waals surface area contributed by atoms with E-state index in [1.54, 1.807) is 18.2 Å². The van der Waals surface area contributed by atoms with Gasteiger partial charge in [0.2, 0.25) is 0 Å². The third-order valence-corrected chi connectivity index (χ3v) is 5.62. The van der Waals surface area contributed by atoms with Gasteiger partial charge in [-0.25, -0.2) is 9.40 Å². The summed E-state index contributed by atoms with van der Waals surface area (Å²) in [5.41, 5.74) is 0.537. The Morgan fingerprint density at radius 1 is 1.26 bits per heavy atom. The molecule has 0 saturated carbocycles. The van der Waals surface area contributed by atoms with Gasteiger partial charge >= 0.3 is 0 Å². The van der Waals surface area contributed by atoms with E-state index in [4.69, 9.17) is 11.6 Å². The maximum atomic E-state index is 14.6. The van der Waals surface area contributed by atoms with Crippen LogP contribution in [0.15, 0.2) is 52.6 Å². The molecule has 0 fully saturated rings. The van der Waals surface area contributed by atoms with Gasteiger partial charge in [-0.05, 0) is 24.6 Å². The van der Waals surface area contributed by atoms with Crippen LogP contribution in [0.4, 0.5) is 4.39 Å². The summed E-state index contributed by atoms with van der Waals surface area (Å²) in [6.45, 7) is 2.05. The first kappa shape index (κ1) is 18.0. The molecule has 2 aromatic carbocycles. The summed E-state index contributed by atoms with van der Waals surface area (Å²) in [5, 5.41) is 10.8. The minimum atomic E-state index is -0.855. The first-order valence-electron chi connectivity index (χ1n) is 8.53. The number of amides is 1. The molecular weight excluding hydrogens is 387 g/mol. The standard InChI is InChI=1S/C19H16ClFN4OS/c1-2-10-27-19-23-18(26)16-11-6-3-4-9-14(11)22-17(25(16)24-19)15-12(20)7-5-8-13(15)21/h3-9,17H,2,10H2,1H3,(H,23,24,26)/t17-/m0/s1. The number of hydrazone groups is 1. The average molecular weight is 403 g/mol. The molecule has 0 radical (unpaired) electrons. The lowest BCUT2D eigenvalue weighted by atomic mass is 10.1. The number of nitrogens with one attached hydrogen (secondary N) is 1. The number of carbonyl (C=O) groups excluding carboxylic acids is 1. The van der Waals surface area contributed by atoms with Crippen molar-refractivity contribution in [2.75, 3.05) is 5.75 Å². The van der Waals surface area contributed by atoms with E-state index in [-0.39, 0.29) is 16.5 Å².